The number of aromatic nitrogens is 1. The summed E-state index contributed by atoms with van der Waals surface area (Å²) < 4.78 is 0. The smallest absolute Gasteiger partial charge is 0.0795 e. The number of nitrogens with zero attached hydrogens (tertiary/aromatic N) is 1. The number of hydrogen-bond donors (Lipinski definition) is 3. The van der Waals surface area contributed by atoms with Crippen molar-refractivity contribution >= 4 is 65.8 Å². The Hall–Kier alpha value is -7.43. The Morgan fingerprint density at radius 3 is 1.20 bits per heavy atom. The summed E-state index contributed by atoms with van der Waals surface area (Å²) in [5.41, 5.74) is 16.5. The third-order valence-electron chi connectivity index (χ3n) is 10.4. The molecule has 260 valence electrons. The Bertz CT molecular complexity index is 2880. The number of benzene rings is 8. The Balaban J connectivity index is 0.000000144. The van der Waals surface area contributed by atoms with Gasteiger partial charge in [-0.05, 0) is 112 Å². The zero-order chi connectivity index (χ0) is 37.3. The van der Waals surface area contributed by atoms with E-state index >= 15 is 0 Å². The van der Waals surface area contributed by atoms with E-state index in [-0.39, 0.29) is 11.4 Å². The highest BCUT2D eigenvalue weighted by molar-refractivity contribution is 6.50. The first-order valence-corrected chi connectivity index (χ1v) is 18.3. The van der Waals surface area contributed by atoms with Gasteiger partial charge in [-0.1, -0.05) is 152 Å². The van der Waals surface area contributed by atoms with Gasteiger partial charge in [-0.25, -0.2) is 0 Å². The third kappa shape index (κ3) is 6.06. The topological polar surface area (TPSA) is 86.6 Å². The minimum atomic E-state index is 0.248. The molecule has 9 aromatic rings. The van der Waals surface area contributed by atoms with Crippen LogP contribution in [-0.4, -0.2) is 16.4 Å². The number of hydrogen-bond acceptors (Lipinski definition) is 4. The highest BCUT2D eigenvalue weighted by atomic mass is 14.6. The first kappa shape index (κ1) is 33.4. The highest BCUT2D eigenvalue weighted by Gasteiger charge is 2.19. The molecule has 0 unspecified atom stereocenters. The fourth-order valence-electron chi connectivity index (χ4n) is 7.97. The van der Waals surface area contributed by atoms with E-state index < -0.39 is 0 Å². The maximum absolute atomic E-state index is 8.12. The Kier molecular flexibility index (Phi) is 8.62. The van der Waals surface area contributed by atoms with Gasteiger partial charge in [-0.15, -0.1) is 0 Å². The molecular formula is C51H36N4. The van der Waals surface area contributed by atoms with Crippen LogP contribution in [0.5, 0.6) is 0 Å². The van der Waals surface area contributed by atoms with Gasteiger partial charge in [0.2, 0.25) is 0 Å². The van der Waals surface area contributed by atoms with Crippen molar-refractivity contribution in [1.82, 2.24) is 4.98 Å². The van der Waals surface area contributed by atoms with Crippen molar-refractivity contribution in [3.8, 4) is 33.4 Å². The predicted molar refractivity (Wildman–Crippen MR) is 234 cm³/mol. The summed E-state index contributed by atoms with van der Waals surface area (Å²) >= 11 is 0. The van der Waals surface area contributed by atoms with E-state index in [0.717, 1.165) is 33.2 Å². The van der Waals surface area contributed by atoms with Gasteiger partial charge >= 0.3 is 0 Å². The second-order valence-electron chi connectivity index (χ2n) is 13.7. The Labute approximate surface area is 319 Å². The molecule has 4 N–H and O–H groups in total. The summed E-state index contributed by atoms with van der Waals surface area (Å²) in [5, 5.41) is 25.6. The molecule has 0 saturated heterocycles. The molecule has 0 amide bonds. The Morgan fingerprint density at radius 2 is 0.764 bits per heavy atom. The normalized spacial score (nSPS) is 12.5. The summed E-state index contributed by atoms with van der Waals surface area (Å²) in [6, 6.07) is 56.9. The number of pyridine rings is 1. The second-order valence-corrected chi connectivity index (χ2v) is 13.7. The SMILES string of the molecule is N=C1C=CC(c2c3ccccc3c(-c3ccccc3)c3ccccc23)=CC1=N.Nc1ccc(-c2c3ccccc3c(-c3cccnc3)c3ccccc23)cc1. The zero-order valence-corrected chi connectivity index (χ0v) is 30.0. The van der Waals surface area contributed by atoms with Crippen LogP contribution in [0.25, 0.3) is 82.0 Å². The molecule has 1 aromatic heterocycles. The van der Waals surface area contributed by atoms with Crippen LogP contribution in [-0.2, 0) is 0 Å². The minimum Gasteiger partial charge on any atom is -0.399 e. The standard InChI is InChI=1S/C26H18N2.C25H18N2/c27-23-15-14-18(16-24(23)28)26-21-12-6-4-10-19(21)25(17-8-2-1-3-9-17)20-11-5-7-13-22(20)26;26-19-13-11-17(12-14-19)24-20-7-1-3-9-22(20)25(18-6-5-15-27-16-18)23-10-4-2-8-21(23)24/h1-16,27-28H;1-16H,26H2. The molecule has 0 fully saturated rings. The van der Waals surface area contributed by atoms with Gasteiger partial charge in [-0.2, -0.15) is 0 Å². The van der Waals surface area contributed by atoms with Gasteiger partial charge < -0.3 is 5.73 Å². The lowest BCUT2D eigenvalue weighted by Gasteiger charge is -2.19. The lowest BCUT2D eigenvalue weighted by Crippen LogP contribution is -2.10. The number of fused-ring (bicyclic) bond motifs is 4. The highest BCUT2D eigenvalue weighted by Crippen LogP contribution is 2.44. The fraction of sp³-hybridized carbons (Fsp3) is 0. The van der Waals surface area contributed by atoms with E-state index in [0.29, 0.717) is 0 Å². The van der Waals surface area contributed by atoms with Gasteiger partial charge in [0, 0.05) is 23.6 Å². The molecule has 4 nitrogen and oxygen atoms in total. The van der Waals surface area contributed by atoms with Gasteiger partial charge in [0.25, 0.3) is 0 Å². The van der Waals surface area contributed by atoms with Crippen LogP contribution in [0.15, 0.2) is 194 Å². The molecule has 0 saturated carbocycles. The minimum absolute atomic E-state index is 0.248. The number of anilines is 1. The van der Waals surface area contributed by atoms with E-state index in [4.69, 9.17) is 16.6 Å². The van der Waals surface area contributed by atoms with Gasteiger partial charge in [0.15, 0.2) is 0 Å². The van der Waals surface area contributed by atoms with Crippen molar-refractivity contribution < 1.29 is 0 Å². The molecule has 1 heterocycles. The fourth-order valence-corrected chi connectivity index (χ4v) is 7.97. The molecule has 0 bridgehead atoms. The van der Waals surface area contributed by atoms with Crippen molar-refractivity contribution in [2.45, 2.75) is 0 Å². The van der Waals surface area contributed by atoms with E-state index in [1.165, 1.54) is 60.1 Å². The summed E-state index contributed by atoms with van der Waals surface area (Å²) in [7, 11) is 0. The van der Waals surface area contributed by atoms with Crippen molar-refractivity contribution in [2.24, 2.45) is 0 Å². The molecule has 0 radical (unpaired) electrons. The van der Waals surface area contributed by atoms with Crippen molar-refractivity contribution in [3.05, 3.63) is 200 Å². The van der Waals surface area contributed by atoms with Crippen molar-refractivity contribution in [2.75, 3.05) is 5.73 Å². The summed E-state index contributed by atoms with van der Waals surface area (Å²) in [5.74, 6) is 0. The number of allylic oxidation sites excluding steroid dienone is 4. The van der Waals surface area contributed by atoms with Crippen LogP contribution in [0.4, 0.5) is 5.69 Å². The molecule has 4 heteroatoms. The van der Waals surface area contributed by atoms with Crippen LogP contribution in [0.3, 0.4) is 0 Å². The number of nitrogens with one attached hydrogen (secondary N) is 2. The van der Waals surface area contributed by atoms with Crippen LogP contribution < -0.4 is 5.73 Å². The maximum Gasteiger partial charge on any atom is 0.0795 e. The molecule has 0 atom stereocenters. The van der Waals surface area contributed by atoms with Crippen LogP contribution in [0.2, 0.25) is 0 Å². The zero-order valence-electron chi connectivity index (χ0n) is 30.0. The molecule has 55 heavy (non-hydrogen) atoms. The molecule has 0 aliphatic heterocycles. The van der Waals surface area contributed by atoms with Crippen molar-refractivity contribution in [1.29, 1.82) is 10.8 Å². The summed E-state index contributed by atoms with van der Waals surface area (Å²) in [4.78, 5) is 4.35. The maximum atomic E-state index is 8.12. The van der Waals surface area contributed by atoms with Gasteiger partial charge in [0.1, 0.15) is 0 Å². The molecule has 1 aliphatic carbocycles. The van der Waals surface area contributed by atoms with Crippen LogP contribution in [0.1, 0.15) is 5.56 Å². The van der Waals surface area contributed by atoms with Crippen molar-refractivity contribution in [3.63, 3.8) is 0 Å². The molecular weight excluding hydrogens is 669 g/mol. The van der Waals surface area contributed by atoms with Crippen LogP contribution >= 0.6 is 0 Å². The average Bonchev–Trinajstić information content (AvgIpc) is 3.24. The summed E-state index contributed by atoms with van der Waals surface area (Å²) in [6.45, 7) is 0. The number of rotatable bonds is 4. The molecule has 10 rings (SSSR count). The van der Waals surface area contributed by atoms with Crippen LogP contribution in [0, 0.1) is 10.8 Å². The molecule has 0 spiro atoms. The molecule has 8 aromatic carbocycles. The quantitative estimate of drug-likeness (QED) is 0.0967. The molecule has 1 aliphatic rings. The van der Waals surface area contributed by atoms with Gasteiger partial charge in [0.05, 0.1) is 11.4 Å². The number of nitrogens with two attached hydrogens (primary N) is 1. The second kappa shape index (κ2) is 14.2. The predicted octanol–water partition coefficient (Wildman–Crippen LogP) is 13.0. The average molecular weight is 705 g/mol. The monoisotopic (exact) mass is 704 g/mol. The first-order valence-electron chi connectivity index (χ1n) is 18.3. The lowest BCUT2D eigenvalue weighted by atomic mass is 9.84. The van der Waals surface area contributed by atoms with E-state index in [2.05, 4.69) is 145 Å². The lowest BCUT2D eigenvalue weighted by molar-refractivity contribution is 1.33. The Morgan fingerprint density at radius 1 is 0.364 bits per heavy atom. The largest absolute Gasteiger partial charge is 0.399 e. The van der Waals surface area contributed by atoms with E-state index in [9.17, 15) is 0 Å². The summed E-state index contributed by atoms with van der Waals surface area (Å²) in [6.07, 6.45) is 9.23. The van der Waals surface area contributed by atoms with Gasteiger partial charge in [-0.3, -0.25) is 15.8 Å². The third-order valence-corrected chi connectivity index (χ3v) is 10.4. The van der Waals surface area contributed by atoms with E-state index in [1.807, 2.05) is 42.7 Å². The number of nitrogen functional groups attached to an aromatic ring is 1. The first-order chi connectivity index (χ1) is 27.1. The van der Waals surface area contributed by atoms with E-state index in [1.54, 1.807) is 12.2 Å².